The predicted molar refractivity (Wildman–Crippen MR) is 78.8 cm³/mol. The van der Waals surface area contributed by atoms with E-state index in [-0.39, 0.29) is 0 Å². The van der Waals surface area contributed by atoms with E-state index in [0.29, 0.717) is 12.0 Å². The molecule has 0 amide bonds. The van der Waals surface area contributed by atoms with Crippen LogP contribution >= 0.6 is 0 Å². The average molecular weight is 265 g/mol. The molecule has 0 aliphatic heterocycles. The Balaban J connectivity index is 2.37. The van der Waals surface area contributed by atoms with Gasteiger partial charge in [0, 0.05) is 11.4 Å². The maximum Gasteiger partial charge on any atom is 0.388 e. The zero-order chi connectivity index (χ0) is 14.2. The molecule has 4 heteroatoms. The zero-order valence-corrected chi connectivity index (χ0v) is 11.0. The third-order valence-corrected chi connectivity index (χ3v) is 2.84. The highest BCUT2D eigenvalue weighted by Crippen LogP contribution is 2.17. The summed E-state index contributed by atoms with van der Waals surface area (Å²) in [6.07, 6.45) is 0.640. The average Bonchev–Trinajstić information content (AvgIpc) is 2.49. The van der Waals surface area contributed by atoms with E-state index in [2.05, 4.69) is 27.0 Å². The fraction of sp³-hybridized carbons (Fsp3) is 0.125. The molecule has 0 bridgehead atoms. The lowest BCUT2D eigenvalue weighted by atomic mass is 9.97. The lowest BCUT2D eigenvalue weighted by Crippen LogP contribution is -1.95. The van der Waals surface area contributed by atoms with Gasteiger partial charge in [0.2, 0.25) is 5.01 Å². The fourth-order valence-corrected chi connectivity index (χ4v) is 1.92. The van der Waals surface area contributed by atoms with Gasteiger partial charge in [-0.15, -0.1) is 0 Å². The van der Waals surface area contributed by atoms with E-state index in [1.165, 1.54) is 7.11 Å². The molecule has 98 valence electrons. The molecule has 0 aromatic heterocycles. The molecule has 0 saturated heterocycles. The Hall–Kier alpha value is -2.98. The topological polar surface area (TPSA) is 41.0 Å². The summed E-state index contributed by atoms with van der Waals surface area (Å²) in [6, 6.07) is 20.6. The molecule has 0 radical (unpaired) electrons. The molecule has 4 nitrogen and oxygen atoms in total. The molecular weight excluding hydrogens is 252 g/mol. The molecule has 2 aromatic carbocycles. The second-order valence-electron chi connectivity index (χ2n) is 4.08. The number of nitrogens with zero attached hydrogens (tertiary/aromatic N) is 2. The normalized spacial score (nSPS) is 8.85. The van der Waals surface area contributed by atoms with Gasteiger partial charge in [-0.1, -0.05) is 36.4 Å². The number of hydrogen-bond donors (Lipinski definition) is 0. The van der Waals surface area contributed by atoms with Crippen molar-refractivity contribution in [3.8, 4) is 12.1 Å². The molecule has 0 atom stereocenters. The Morgan fingerprint density at radius 1 is 0.950 bits per heavy atom. The molecule has 0 fully saturated rings. The first-order valence-corrected chi connectivity index (χ1v) is 6.08. The third-order valence-electron chi connectivity index (χ3n) is 2.84. The van der Waals surface area contributed by atoms with Crippen LogP contribution < -0.4 is 0 Å². The minimum absolute atomic E-state index is 0.640. The summed E-state index contributed by atoms with van der Waals surface area (Å²) in [6.45, 7) is 0. The zero-order valence-electron chi connectivity index (χ0n) is 11.0. The van der Waals surface area contributed by atoms with Crippen molar-refractivity contribution in [1.82, 2.24) is 0 Å². The van der Waals surface area contributed by atoms with Gasteiger partial charge in [0.05, 0.1) is 0 Å². The van der Waals surface area contributed by atoms with E-state index < -0.39 is 0 Å². The van der Waals surface area contributed by atoms with E-state index in [0.717, 1.165) is 16.7 Å². The number of rotatable bonds is 2. The fourth-order valence-electron chi connectivity index (χ4n) is 1.92. The SMILES string of the molecule is CO[N+]#Cc1ccccc1Cc1ccccc1C#[N+][O-]. The summed E-state index contributed by atoms with van der Waals surface area (Å²) in [4.78, 5) is 4.66. The lowest BCUT2D eigenvalue weighted by molar-refractivity contribution is 0.331. The van der Waals surface area contributed by atoms with Crippen LogP contribution in [0.15, 0.2) is 48.5 Å². The molecule has 0 aliphatic carbocycles. The van der Waals surface area contributed by atoms with Gasteiger partial charge in [0.25, 0.3) is 0 Å². The van der Waals surface area contributed by atoms with Crippen LogP contribution in [0.4, 0.5) is 0 Å². The van der Waals surface area contributed by atoms with Crippen LogP contribution in [0.3, 0.4) is 0 Å². The van der Waals surface area contributed by atoms with Crippen LogP contribution in [-0.4, -0.2) is 7.11 Å². The van der Waals surface area contributed by atoms with Crippen LogP contribution in [0.5, 0.6) is 0 Å². The summed E-state index contributed by atoms with van der Waals surface area (Å²) in [7, 11) is 1.48. The molecule has 0 aliphatic rings. The van der Waals surface area contributed by atoms with Gasteiger partial charge in [-0.25, -0.2) is 0 Å². The van der Waals surface area contributed by atoms with Crippen molar-refractivity contribution in [3.63, 3.8) is 0 Å². The van der Waals surface area contributed by atoms with E-state index in [1.807, 2.05) is 48.5 Å². The van der Waals surface area contributed by atoms with Crippen molar-refractivity contribution in [2.45, 2.75) is 6.42 Å². The summed E-state index contributed by atoms with van der Waals surface area (Å²) in [5.41, 5.74) is 3.55. The molecule has 0 N–H and O–H groups in total. The summed E-state index contributed by atoms with van der Waals surface area (Å²) in [5, 5.41) is 16.8. The van der Waals surface area contributed by atoms with Crippen LogP contribution in [0.25, 0.3) is 10.0 Å². The maximum absolute atomic E-state index is 10.4. The largest absolute Gasteiger partial charge is 0.498 e. The van der Waals surface area contributed by atoms with E-state index >= 15 is 0 Å². The number of benzene rings is 2. The predicted octanol–water partition coefficient (Wildman–Crippen LogP) is 3.70. The smallest absolute Gasteiger partial charge is 0.388 e. The Kier molecular flexibility index (Phi) is 4.59. The minimum atomic E-state index is 0.640. The first-order valence-electron chi connectivity index (χ1n) is 6.08. The monoisotopic (exact) mass is 265 g/mol. The van der Waals surface area contributed by atoms with Gasteiger partial charge in [-0.2, -0.15) is 4.84 Å². The molecular formula is C16H13N2O2+. The second-order valence-corrected chi connectivity index (χ2v) is 4.08. The van der Waals surface area contributed by atoms with Gasteiger partial charge in [-0.3, -0.25) is 0 Å². The van der Waals surface area contributed by atoms with Crippen molar-refractivity contribution in [1.29, 1.82) is 0 Å². The summed E-state index contributed by atoms with van der Waals surface area (Å²) >= 11 is 0. The van der Waals surface area contributed by atoms with Crippen LogP contribution in [0.2, 0.25) is 0 Å². The van der Waals surface area contributed by atoms with Gasteiger partial charge >= 0.3 is 12.1 Å². The Bertz CT molecular complexity index is 718. The first kappa shape index (κ1) is 13.5. The molecule has 0 unspecified atom stereocenters. The van der Waals surface area contributed by atoms with Crippen LogP contribution in [0.1, 0.15) is 22.3 Å². The summed E-state index contributed by atoms with van der Waals surface area (Å²) in [5.74, 6) is 0. The highest BCUT2D eigenvalue weighted by Gasteiger charge is 2.10. The molecule has 2 rings (SSSR count). The van der Waals surface area contributed by atoms with Gasteiger partial charge < -0.3 is 5.21 Å². The Morgan fingerprint density at radius 2 is 1.50 bits per heavy atom. The van der Waals surface area contributed by atoms with E-state index in [9.17, 15) is 5.21 Å². The Morgan fingerprint density at radius 3 is 2.05 bits per heavy atom. The van der Waals surface area contributed by atoms with Gasteiger partial charge in [0.1, 0.15) is 11.1 Å². The Labute approximate surface area is 117 Å². The minimum Gasteiger partial charge on any atom is -0.498 e. The quantitative estimate of drug-likeness (QED) is 0.777. The van der Waals surface area contributed by atoms with Crippen molar-refractivity contribution >= 4 is 0 Å². The highest BCUT2D eigenvalue weighted by molar-refractivity contribution is 5.46. The standard InChI is InChI=1S/C16H13N2O2/c1-20-18-12-16-9-5-3-7-14(16)10-13-6-2-4-8-15(13)11-17-19/h2-9H,10H2,1H3/q+1. The third kappa shape index (κ3) is 3.28. The lowest BCUT2D eigenvalue weighted by Gasteiger charge is -2.03. The second kappa shape index (κ2) is 6.82. The number of hydrogen-bond acceptors (Lipinski definition) is 2. The molecule has 2 aromatic rings. The van der Waals surface area contributed by atoms with Crippen LogP contribution in [-0.2, 0) is 11.3 Å². The van der Waals surface area contributed by atoms with E-state index in [4.69, 9.17) is 0 Å². The molecule has 20 heavy (non-hydrogen) atoms. The van der Waals surface area contributed by atoms with Crippen LogP contribution in [0, 0.1) is 17.3 Å². The van der Waals surface area contributed by atoms with Crippen molar-refractivity contribution < 1.29 is 4.84 Å². The molecule has 0 saturated carbocycles. The summed E-state index contributed by atoms with van der Waals surface area (Å²) < 4.78 is 0. The van der Waals surface area contributed by atoms with Gasteiger partial charge in [0.15, 0.2) is 7.11 Å². The van der Waals surface area contributed by atoms with Crippen molar-refractivity contribution in [3.05, 3.63) is 86.0 Å². The first-order chi connectivity index (χ1) is 9.85. The highest BCUT2D eigenvalue weighted by atomic mass is 16.6. The molecule has 0 heterocycles. The van der Waals surface area contributed by atoms with Gasteiger partial charge in [-0.05, 0) is 23.3 Å². The maximum atomic E-state index is 10.4. The van der Waals surface area contributed by atoms with E-state index in [1.54, 1.807) is 0 Å². The van der Waals surface area contributed by atoms with Crippen molar-refractivity contribution in [2.75, 3.05) is 7.11 Å². The molecule has 0 spiro atoms. The van der Waals surface area contributed by atoms with Crippen molar-refractivity contribution in [2.24, 2.45) is 0 Å².